The van der Waals surface area contributed by atoms with E-state index in [-0.39, 0.29) is 12.5 Å². The molecule has 0 heterocycles. The lowest BCUT2D eigenvalue weighted by molar-refractivity contribution is -0.140. The van der Waals surface area contributed by atoms with Crippen molar-refractivity contribution in [1.29, 1.82) is 0 Å². The maximum Gasteiger partial charge on any atom is 0.317 e. The maximum absolute atomic E-state index is 11.2. The van der Waals surface area contributed by atoms with Crippen molar-refractivity contribution >= 4 is 17.8 Å². The van der Waals surface area contributed by atoms with Crippen LogP contribution < -0.4 is 11.1 Å². The summed E-state index contributed by atoms with van der Waals surface area (Å²) in [5.74, 6) is -2.16. The molecule has 0 saturated heterocycles. The van der Waals surface area contributed by atoms with Crippen LogP contribution in [0.1, 0.15) is 6.92 Å². The van der Waals surface area contributed by atoms with Gasteiger partial charge in [-0.2, -0.15) is 0 Å². The lowest BCUT2D eigenvalue weighted by Gasteiger charge is -2.24. The highest BCUT2D eigenvalue weighted by Crippen LogP contribution is 1.98. The van der Waals surface area contributed by atoms with Crippen LogP contribution in [0.15, 0.2) is 0 Å². The van der Waals surface area contributed by atoms with Crippen LogP contribution in [0.3, 0.4) is 0 Å². The molecule has 7 nitrogen and oxygen atoms in total. The predicted molar refractivity (Wildman–Crippen MR) is 51.9 cm³/mol. The fourth-order valence-electron chi connectivity index (χ4n) is 1.08. The van der Waals surface area contributed by atoms with Gasteiger partial charge in [0.1, 0.15) is 0 Å². The number of carbonyl (C=O) groups is 3. The molecule has 0 aromatic heterocycles. The number of hydrogen-bond acceptors (Lipinski definition) is 4. The summed E-state index contributed by atoms with van der Waals surface area (Å²) in [6.45, 7) is 0.836. The summed E-state index contributed by atoms with van der Waals surface area (Å²) in [6, 6.07) is -0.710. The number of rotatable bonds is 6. The van der Waals surface area contributed by atoms with Crippen LogP contribution in [0, 0.1) is 0 Å². The van der Waals surface area contributed by atoms with Crippen molar-refractivity contribution in [1.82, 2.24) is 10.2 Å². The third-order valence-electron chi connectivity index (χ3n) is 1.87. The van der Waals surface area contributed by atoms with Crippen LogP contribution in [0.25, 0.3) is 0 Å². The normalized spacial score (nSPS) is 12.2. The molecule has 0 radical (unpaired) electrons. The Balaban J connectivity index is 4.53. The Hall–Kier alpha value is -1.63. The zero-order chi connectivity index (χ0) is 12.0. The molecule has 0 aromatic carbocycles. The van der Waals surface area contributed by atoms with E-state index in [1.165, 1.54) is 18.9 Å². The first-order valence-electron chi connectivity index (χ1n) is 4.34. The first-order valence-corrected chi connectivity index (χ1v) is 4.34. The molecule has 0 rings (SSSR count). The molecule has 0 aliphatic rings. The Morgan fingerprint density at radius 3 is 2.27 bits per heavy atom. The number of primary amides is 1. The van der Waals surface area contributed by atoms with E-state index in [1.54, 1.807) is 0 Å². The fraction of sp³-hybridized carbons (Fsp3) is 0.625. The molecule has 0 spiro atoms. The molecule has 1 atom stereocenters. The molecule has 0 bridgehead atoms. The zero-order valence-electron chi connectivity index (χ0n) is 8.69. The van der Waals surface area contributed by atoms with Gasteiger partial charge >= 0.3 is 5.97 Å². The van der Waals surface area contributed by atoms with Gasteiger partial charge in [-0.3, -0.25) is 19.3 Å². The summed E-state index contributed by atoms with van der Waals surface area (Å²) >= 11 is 0. The van der Waals surface area contributed by atoms with Crippen LogP contribution >= 0.6 is 0 Å². The van der Waals surface area contributed by atoms with E-state index in [9.17, 15) is 14.4 Å². The number of amides is 2. The summed E-state index contributed by atoms with van der Waals surface area (Å²) in [4.78, 5) is 33.5. The summed E-state index contributed by atoms with van der Waals surface area (Å²) in [6.07, 6.45) is 0. The molecule has 0 aliphatic heterocycles. The molecule has 2 amide bonds. The number of nitrogens with two attached hydrogens (primary N) is 1. The summed E-state index contributed by atoms with van der Waals surface area (Å²) < 4.78 is 0. The number of hydrogen-bond donors (Lipinski definition) is 3. The zero-order valence-corrected chi connectivity index (χ0v) is 8.69. The summed E-state index contributed by atoms with van der Waals surface area (Å²) in [5, 5.41) is 10.9. The van der Waals surface area contributed by atoms with E-state index >= 15 is 0 Å². The van der Waals surface area contributed by atoms with Crippen molar-refractivity contribution in [2.45, 2.75) is 13.0 Å². The van der Waals surface area contributed by atoms with Gasteiger partial charge in [0.15, 0.2) is 0 Å². The molecule has 0 fully saturated rings. The van der Waals surface area contributed by atoms with Crippen molar-refractivity contribution in [2.75, 3.05) is 20.1 Å². The lowest BCUT2D eigenvalue weighted by Crippen LogP contribution is -2.49. The van der Waals surface area contributed by atoms with Gasteiger partial charge in [-0.15, -0.1) is 0 Å². The SMILES string of the molecule is CNC(=O)C(C)N(CC(N)=O)CC(=O)O. The van der Waals surface area contributed by atoms with Crippen LogP contribution in [0.2, 0.25) is 0 Å². The second kappa shape index (κ2) is 5.97. The minimum Gasteiger partial charge on any atom is -0.480 e. The Morgan fingerprint density at radius 2 is 1.93 bits per heavy atom. The first kappa shape index (κ1) is 13.4. The second-order valence-electron chi connectivity index (χ2n) is 3.06. The van der Waals surface area contributed by atoms with Crippen LogP contribution in [-0.4, -0.2) is 54.0 Å². The molecule has 0 aliphatic carbocycles. The maximum atomic E-state index is 11.2. The quantitative estimate of drug-likeness (QED) is 0.476. The smallest absolute Gasteiger partial charge is 0.317 e. The van der Waals surface area contributed by atoms with Crippen molar-refractivity contribution in [3.05, 3.63) is 0 Å². The van der Waals surface area contributed by atoms with E-state index in [2.05, 4.69) is 5.32 Å². The Labute approximate surface area is 87.2 Å². The Kier molecular flexibility index (Phi) is 5.32. The highest BCUT2D eigenvalue weighted by molar-refractivity contribution is 5.83. The van der Waals surface area contributed by atoms with E-state index in [0.29, 0.717) is 0 Å². The molecular weight excluding hydrogens is 202 g/mol. The van der Waals surface area contributed by atoms with E-state index in [4.69, 9.17) is 10.8 Å². The van der Waals surface area contributed by atoms with Gasteiger partial charge in [0, 0.05) is 7.05 Å². The van der Waals surface area contributed by atoms with Crippen LogP contribution in [0.5, 0.6) is 0 Å². The number of nitrogens with zero attached hydrogens (tertiary/aromatic N) is 1. The number of nitrogens with one attached hydrogen (secondary N) is 1. The highest BCUT2D eigenvalue weighted by Gasteiger charge is 2.23. The standard InChI is InChI=1S/C8H15N3O4/c1-5(8(15)10-2)11(3-6(9)12)4-7(13)14/h5H,3-4H2,1-2H3,(H2,9,12)(H,10,15)(H,13,14). The minimum absolute atomic E-state index is 0.263. The largest absolute Gasteiger partial charge is 0.480 e. The molecule has 1 unspecified atom stereocenters. The minimum atomic E-state index is -1.12. The molecule has 4 N–H and O–H groups in total. The number of likely N-dealkylation sites (N-methyl/N-ethyl adjacent to an activating group) is 1. The molecule has 15 heavy (non-hydrogen) atoms. The van der Waals surface area contributed by atoms with Crippen molar-refractivity contribution in [3.8, 4) is 0 Å². The van der Waals surface area contributed by atoms with Gasteiger partial charge in [-0.1, -0.05) is 0 Å². The van der Waals surface area contributed by atoms with Gasteiger partial charge in [-0.25, -0.2) is 0 Å². The summed E-state index contributed by atoms with van der Waals surface area (Å²) in [7, 11) is 1.43. The monoisotopic (exact) mass is 217 g/mol. The summed E-state index contributed by atoms with van der Waals surface area (Å²) in [5.41, 5.74) is 4.94. The average Bonchev–Trinajstić information content (AvgIpc) is 2.13. The molecule has 86 valence electrons. The van der Waals surface area contributed by atoms with Crippen LogP contribution in [-0.2, 0) is 14.4 Å². The topological polar surface area (TPSA) is 113 Å². The average molecular weight is 217 g/mol. The first-order chi connectivity index (χ1) is 6.88. The van der Waals surface area contributed by atoms with Crippen LogP contribution in [0.4, 0.5) is 0 Å². The number of carboxylic acid groups (broad SMARTS) is 1. The Morgan fingerprint density at radius 1 is 1.40 bits per heavy atom. The van der Waals surface area contributed by atoms with Gasteiger partial charge in [0.25, 0.3) is 0 Å². The molecule has 0 aromatic rings. The van der Waals surface area contributed by atoms with Crippen molar-refractivity contribution in [2.24, 2.45) is 5.73 Å². The molecule has 7 heteroatoms. The fourth-order valence-corrected chi connectivity index (χ4v) is 1.08. The van der Waals surface area contributed by atoms with E-state index < -0.39 is 24.5 Å². The highest BCUT2D eigenvalue weighted by atomic mass is 16.4. The van der Waals surface area contributed by atoms with E-state index in [0.717, 1.165) is 0 Å². The third-order valence-corrected chi connectivity index (χ3v) is 1.87. The van der Waals surface area contributed by atoms with Gasteiger partial charge in [0.05, 0.1) is 19.1 Å². The predicted octanol–water partition coefficient (Wildman–Crippen LogP) is -2.01. The van der Waals surface area contributed by atoms with Crippen molar-refractivity contribution < 1.29 is 19.5 Å². The Bertz CT molecular complexity index is 251. The number of aliphatic carboxylic acids is 1. The van der Waals surface area contributed by atoms with Crippen molar-refractivity contribution in [3.63, 3.8) is 0 Å². The number of carboxylic acids is 1. The molecule has 0 saturated carbocycles. The van der Waals surface area contributed by atoms with Gasteiger partial charge < -0.3 is 16.2 Å². The molecular formula is C8H15N3O4. The lowest BCUT2D eigenvalue weighted by atomic mass is 10.2. The van der Waals surface area contributed by atoms with E-state index in [1.807, 2.05) is 0 Å². The second-order valence-corrected chi connectivity index (χ2v) is 3.06. The third kappa shape index (κ3) is 4.96. The number of carbonyl (C=O) groups excluding carboxylic acids is 2. The van der Waals surface area contributed by atoms with Gasteiger partial charge in [-0.05, 0) is 6.92 Å². The van der Waals surface area contributed by atoms with Gasteiger partial charge in [0.2, 0.25) is 11.8 Å².